The molecule has 0 aliphatic heterocycles. The summed E-state index contributed by atoms with van der Waals surface area (Å²) < 4.78 is 34.7. The van der Waals surface area contributed by atoms with Gasteiger partial charge in [-0.05, 0) is 16.3 Å². The van der Waals surface area contributed by atoms with Gasteiger partial charge in [0.2, 0.25) is 10.4 Å². The zero-order valence-electron chi connectivity index (χ0n) is 10.1. The van der Waals surface area contributed by atoms with E-state index in [0.29, 0.717) is 0 Å². The van der Waals surface area contributed by atoms with Crippen molar-refractivity contribution in [2.24, 2.45) is 0 Å². The zero-order chi connectivity index (χ0) is 13.9. The zero-order valence-corrected chi connectivity index (χ0v) is 11.7. The Morgan fingerprint density at radius 3 is 2.56 bits per heavy atom. The van der Waals surface area contributed by atoms with Gasteiger partial charge >= 0.3 is 4.96 Å². The van der Waals surface area contributed by atoms with Crippen molar-refractivity contribution in [3.63, 3.8) is 0 Å². The SMILES string of the molecule is CCc1n[n+]2c(C)cc(C)nc2s1.O=S(=O)([O-])O. The first-order chi connectivity index (χ1) is 8.20. The van der Waals surface area contributed by atoms with E-state index in [-0.39, 0.29) is 0 Å². The van der Waals surface area contributed by atoms with Crippen molar-refractivity contribution < 1.29 is 22.0 Å². The van der Waals surface area contributed by atoms with Gasteiger partial charge in [-0.2, -0.15) is 0 Å². The van der Waals surface area contributed by atoms with E-state index in [1.165, 1.54) is 0 Å². The third-order valence-electron chi connectivity index (χ3n) is 1.93. The molecule has 0 radical (unpaired) electrons. The van der Waals surface area contributed by atoms with Crippen LogP contribution in [0.2, 0.25) is 0 Å². The lowest BCUT2D eigenvalue weighted by Crippen LogP contribution is -2.28. The summed E-state index contributed by atoms with van der Waals surface area (Å²) in [6, 6.07) is 2.05. The van der Waals surface area contributed by atoms with Gasteiger partial charge < -0.3 is 4.55 Å². The minimum Gasteiger partial charge on any atom is -0.726 e. The van der Waals surface area contributed by atoms with E-state index in [1.54, 1.807) is 11.3 Å². The van der Waals surface area contributed by atoms with Crippen LogP contribution in [0.1, 0.15) is 23.3 Å². The maximum atomic E-state index is 8.63. The molecule has 0 unspecified atom stereocenters. The lowest BCUT2D eigenvalue weighted by atomic mass is 10.4. The predicted molar refractivity (Wildman–Crippen MR) is 64.2 cm³/mol. The Morgan fingerprint density at radius 2 is 2.06 bits per heavy atom. The molecule has 0 aliphatic carbocycles. The van der Waals surface area contributed by atoms with Crippen LogP contribution in [0.25, 0.3) is 4.96 Å². The number of hydrogen-bond acceptors (Lipinski definition) is 6. The molecule has 2 heterocycles. The highest BCUT2D eigenvalue weighted by atomic mass is 32.3. The van der Waals surface area contributed by atoms with Gasteiger partial charge in [0.05, 0.1) is 0 Å². The molecule has 2 rings (SSSR count). The highest BCUT2D eigenvalue weighted by molar-refractivity contribution is 7.79. The van der Waals surface area contributed by atoms with Crippen LogP contribution in [0.3, 0.4) is 0 Å². The fourth-order valence-corrected chi connectivity index (χ4v) is 2.25. The maximum absolute atomic E-state index is 8.63. The van der Waals surface area contributed by atoms with Crippen LogP contribution in [-0.2, 0) is 16.8 Å². The minimum atomic E-state index is -4.92. The molecule has 0 bridgehead atoms. The minimum absolute atomic E-state index is 0.979. The Kier molecular flexibility index (Phi) is 4.68. The van der Waals surface area contributed by atoms with Crippen LogP contribution in [0, 0.1) is 13.8 Å². The smallest absolute Gasteiger partial charge is 0.410 e. The van der Waals surface area contributed by atoms with Crippen LogP contribution < -0.4 is 4.52 Å². The molecule has 7 nitrogen and oxygen atoms in total. The largest absolute Gasteiger partial charge is 0.726 e. The van der Waals surface area contributed by atoms with E-state index in [2.05, 4.69) is 23.9 Å². The molecule has 0 saturated carbocycles. The first-order valence-corrected chi connectivity index (χ1v) is 7.23. The van der Waals surface area contributed by atoms with Crippen molar-refractivity contribution in [2.45, 2.75) is 27.2 Å². The van der Waals surface area contributed by atoms with Gasteiger partial charge in [-0.1, -0.05) is 16.5 Å². The average molecular weight is 291 g/mol. The average Bonchev–Trinajstić information content (AvgIpc) is 2.58. The third-order valence-corrected chi connectivity index (χ3v) is 2.98. The number of fused-ring (bicyclic) bond motifs is 1. The molecule has 100 valence electrons. The summed E-state index contributed by atoms with van der Waals surface area (Å²) in [5, 5.41) is 5.58. The van der Waals surface area contributed by atoms with Crippen molar-refractivity contribution in [3.05, 3.63) is 22.5 Å². The van der Waals surface area contributed by atoms with Crippen molar-refractivity contribution in [2.75, 3.05) is 0 Å². The van der Waals surface area contributed by atoms with Crippen molar-refractivity contribution in [1.82, 2.24) is 10.1 Å². The Balaban J connectivity index is 0.000000280. The second-order valence-corrected chi connectivity index (χ2v) is 5.41. The van der Waals surface area contributed by atoms with Crippen molar-refractivity contribution >= 4 is 26.7 Å². The Hall–Kier alpha value is -1.16. The second kappa shape index (κ2) is 5.65. The van der Waals surface area contributed by atoms with Crippen LogP contribution in [0.5, 0.6) is 0 Å². The van der Waals surface area contributed by atoms with Crippen molar-refractivity contribution in [3.8, 4) is 0 Å². The second-order valence-electron chi connectivity index (χ2n) is 3.51. The molecule has 0 atom stereocenters. The summed E-state index contributed by atoms with van der Waals surface area (Å²) in [7, 11) is -4.92. The Labute approximate surface area is 109 Å². The molecular formula is C9H13N3O4S2. The lowest BCUT2D eigenvalue weighted by molar-refractivity contribution is -0.585. The molecule has 2 aromatic rings. The highest BCUT2D eigenvalue weighted by Gasteiger charge is 2.14. The lowest BCUT2D eigenvalue weighted by Gasteiger charge is -1.88. The summed E-state index contributed by atoms with van der Waals surface area (Å²) in [4.78, 5) is 5.42. The Morgan fingerprint density at radius 1 is 1.50 bits per heavy atom. The summed E-state index contributed by atoms with van der Waals surface area (Å²) in [5.74, 6) is 0. The fraction of sp³-hybridized carbons (Fsp3) is 0.444. The molecular weight excluding hydrogens is 278 g/mol. The number of rotatable bonds is 1. The normalized spacial score (nSPS) is 11.2. The predicted octanol–water partition coefficient (Wildman–Crippen LogP) is 0.461. The molecule has 9 heteroatoms. The van der Waals surface area contributed by atoms with Crippen LogP contribution in [-0.4, -0.2) is 27.6 Å². The summed E-state index contributed by atoms with van der Waals surface area (Å²) >= 11 is 1.67. The van der Waals surface area contributed by atoms with Gasteiger partial charge in [0.1, 0.15) is 10.7 Å². The summed E-state index contributed by atoms with van der Waals surface area (Å²) in [6.45, 7) is 6.18. The molecule has 0 aliphatic rings. The van der Waals surface area contributed by atoms with Gasteiger partial charge in [0.25, 0.3) is 0 Å². The Bertz CT molecular complexity index is 643. The number of aryl methyl sites for hydroxylation is 3. The fourth-order valence-electron chi connectivity index (χ4n) is 1.31. The van der Waals surface area contributed by atoms with Crippen LogP contribution >= 0.6 is 11.3 Å². The van der Waals surface area contributed by atoms with Crippen molar-refractivity contribution in [1.29, 1.82) is 0 Å². The monoisotopic (exact) mass is 291 g/mol. The number of aromatic nitrogens is 3. The molecule has 0 fully saturated rings. The number of nitrogens with zero attached hydrogens (tertiary/aromatic N) is 3. The van der Waals surface area contributed by atoms with E-state index in [0.717, 1.165) is 27.8 Å². The standard InChI is InChI=1S/C9H12N3S.H2O4S/c1-4-8-11-12-7(3)5-6(2)10-9(12)13-8;1-5(2,3)4/h5H,4H2,1-3H3;(H2,1,2,3,4)/q+1;/p-1. The molecule has 1 N–H and O–H groups in total. The van der Waals surface area contributed by atoms with Gasteiger partial charge in [0, 0.05) is 26.3 Å². The quantitative estimate of drug-likeness (QED) is 0.464. The molecule has 0 saturated heterocycles. The topological polar surface area (TPSA) is 107 Å². The van der Waals surface area contributed by atoms with Gasteiger partial charge in [-0.15, -0.1) is 0 Å². The third kappa shape index (κ3) is 4.61. The van der Waals surface area contributed by atoms with E-state index >= 15 is 0 Å². The van der Waals surface area contributed by atoms with E-state index in [4.69, 9.17) is 17.5 Å². The summed E-state index contributed by atoms with van der Waals surface area (Å²) in [5.41, 5.74) is 2.21. The van der Waals surface area contributed by atoms with E-state index < -0.39 is 10.4 Å². The number of hydrogen-bond donors (Lipinski definition) is 1. The molecule has 0 amide bonds. The van der Waals surface area contributed by atoms with Crippen LogP contribution in [0.15, 0.2) is 6.07 Å². The molecule has 0 spiro atoms. The van der Waals surface area contributed by atoms with Crippen LogP contribution in [0.4, 0.5) is 0 Å². The van der Waals surface area contributed by atoms with E-state index in [1.807, 2.05) is 17.5 Å². The first-order valence-electron chi connectivity index (χ1n) is 5.05. The highest BCUT2D eigenvalue weighted by Crippen LogP contribution is 2.09. The summed E-state index contributed by atoms with van der Waals surface area (Å²) in [6.07, 6.45) is 0.979. The van der Waals surface area contributed by atoms with Gasteiger partial charge in [0.15, 0.2) is 5.69 Å². The molecule has 2 aromatic heterocycles. The van der Waals surface area contributed by atoms with Gasteiger partial charge in [-0.25, -0.2) is 8.42 Å². The molecule has 0 aromatic carbocycles. The van der Waals surface area contributed by atoms with Gasteiger partial charge in [-0.3, -0.25) is 4.55 Å². The first kappa shape index (κ1) is 14.9. The maximum Gasteiger partial charge on any atom is 0.410 e. The molecule has 18 heavy (non-hydrogen) atoms. The van der Waals surface area contributed by atoms with E-state index in [9.17, 15) is 0 Å².